The van der Waals surface area contributed by atoms with Crippen molar-refractivity contribution in [2.24, 2.45) is 0 Å². The number of oxazole rings is 1. The Balaban J connectivity index is 2.07. The molecule has 7 nitrogen and oxygen atoms in total. The van der Waals surface area contributed by atoms with E-state index < -0.39 is 5.76 Å². The molecule has 3 rings (SSSR count). The average molecular weight is 265 g/mol. The summed E-state index contributed by atoms with van der Waals surface area (Å²) in [6.45, 7) is 1.66. The minimum absolute atomic E-state index is 0.0145. The molecule has 102 valence electrons. The maximum atomic E-state index is 11.2. The first-order valence-electron chi connectivity index (χ1n) is 6.06. The van der Waals surface area contributed by atoms with Gasteiger partial charge in [-0.15, -0.1) is 0 Å². The van der Waals surface area contributed by atoms with Crippen molar-refractivity contribution in [3.8, 4) is 0 Å². The number of nitrogens with two attached hydrogens (primary N) is 1. The molecular weight excluding hydrogens is 250 g/mol. The number of morpholine rings is 1. The molecule has 4 N–H and O–H groups in total. The van der Waals surface area contributed by atoms with E-state index in [1.54, 1.807) is 12.1 Å². The highest BCUT2D eigenvalue weighted by Crippen LogP contribution is 2.30. The van der Waals surface area contributed by atoms with E-state index in [-0.39, 0.29) is 12.6 Å². The summed E-state index contributed by atoms with van der Waals surface area (Å²) in [4.78, 5) is 15.8. The Bertz CT molecular complexity index is 648. The number of anilines is 2. The van der Waals surface area contributed by atoms with Gasteiger partial charge in [-0.25, -0.2) is 4.79 Å². The molecule has 1 aromatic carbocycles. The summed E-state index contributed by atoms with van der Waals surface area (Å²) in [6.07, 6.45) is 0. The first-order valence-corrected chi connectivity index (χ1v) is 6.06. The summed E-state index contributed by atoms with van der Waals surface area (Å²) in [5, 5.41) is 9.39. The van der Waals surface area contributed by atoms with Gasteiger partial charge < -0.3 is 24.9 Å². The van der Waals surface area contributed by atoms with Crippen molar-refractivity contribution >= 4 is 22.5 Å². The van der Waals surface area contributed by atoms with Crippen LogP contribution in [0.4, 0.5) is 11.4 Å². The molecule has 1 unspecified atom stereocenters. The zero-order valence-electron chi connectivity index (χ0n) is 10.3. The number of benzene rings is 1. The third kappa shape index (κ3) is 2.06. The van der Waals surface area contributed by atoms with E-state index in [4.69, 9.17) is 14.9 Å². The number of rotatable bonds is 2. The molecule has 1 aliphatic rings. The number of fused-ring (bicyclic) bond motifs is 1. The quantitative estimate of drug-likeness (QED) is 0.655. The molecular formula is C12H15N3O4. The first kappa shape index (κ1) is 12.1. The minimum atomic E-state index is -0.507. The van der Waals surface area contributed by atoms with Gasteiger partial charge in [-0.1, -0.05) is 0 Å². The van der Waals surface area contributed by atoms with Crippen LogP contribution in [-0.2, 0) is 4.74 Å². The summed E-state index contributed by atoms with van der Waals surface area (Å²) >= 11 is 0. The molecule has 0 aliphatic carbocycles. The number of aliphatic hydroxyl groups excluding tert-OH is 1. The molecule has 19 heavy (non-hydrogen) atoms. The number of aliphatic hydroxyl groups is 1. The Morgan fingerprint density at radius 1 is 1.53 bits per heavy atom. The Labute approximate surface area is 108 Å². The predicted octanol–water partition coefficient (Wildman–Crippen LogP) is -0.0992. The van der Waals surface area contributed by atoms with Gasteiger partial charge in [-0.05, 0) is 6.07 Å². The van der Waals surface area contributed by atoms with Crippen molar-refractivity contribution in [1.29, 1.82) is 0 Å². The van der Waals surface area contributed by atoms with Crippen molar-refractivity contribution in [2.45, 2.75) is 6.04 Å². The maximum absolute atomic E-state index is 11.2. The average Bonchev–Trinajstić information content (AvgIpc) is 2.77. The SMILES string of the molecule is Nc1cc2oc(=O)[nH]c2cc1N1CCOCC1CO. The fraction of sp³-hybridized carbons (Fsp3) is 0.417. The second-order valence-electron chi connectivity index (χ2n) is 4.53. The fourth-order valence-electron chi connectivity index (χ4n) is 2.37. The lowest BCUT2D eigenvalue weighted by molar-refractivity contribution is 0.0728. The van der Waals surface area contributed by atoms with Crippen molar-refractivity contribution in [3.63, 3.8) is 0 Å². The number of aromatic amines is 1. The Hall–Kier alpha value is -1.99. The lowest BCUT2D eigenvalue weighted by Gasteiger charge is -2.36. The van der Waals surface area contributed by atoms with Gasteiger partial charge in [0.2, 0.25) is 0 Å². The van der Waals surface area contributed by atoms with Crippen LogP contribution in [0.25, 0.3) is 11.1 Å². The fourth-order valence-corrected chi connectivity index (χ4v) is 2.37. The van der Waals surface area contributed by atoms with E-state index in [1.165, 1.54) is 0 Å². The van der Waals surface area contributed by atoms with Crippen LogP contribution in [0.5, 0.6) is 0 Å². The number of nitrogen functional groups attached to an aromatic ring is 1. The molecule has 1 aromatic heterocycles. The van der Waals surface area contributed by atoms with Gasteiger partial charge in [0.05, 0.1) is 42.8 Å². The molecule has 2 aromatic rings. The molecule has 1 fully saturated rings. The molecule has 1 aliphatic heterocycles. The molecule has 0 saturated carbocycles. The van der Waals surface area contributed by atoms with E-state index in [0.717, 1.165) is 5.69 Å². The number of nitrogens with one attached hydrogen (secondary N) is 1. The normalized spacial score (nSPS) is 20.1. The summed E-state index contributed by atoms with van der Waals surface area (Å²) < 4.78 is 10.3. The lowest BCUT2D eigenvalue weighted by atomic mass is 10.1. The minimum Gasteiger partial charge on any atom is -0.408 e. The van der Waals surface area contributed by atoms with Gasteiger partial charge in [-0.3, -0.25) is 4.98 Å². The smallest absolute Gasteiger partial charge is 0.408 e. The lowest BCUT2D eigenvalue weighted by Crippen LogP contribution is -2.47. The topological polar surface area (TPSA) is 105 Å². The van der Waals surface area contributed by atoms with Gasteiger partial charge >= 0.3 is 5.76 Å². The molecule has 0 spiro atoms. The van der Waals surface area contributed by atoms with E-state index in [9.17, 15) is 9.90 Å². The van der Waals surface area contributed by atoms with Gasteiger partial charge in [0.15, 0.2) is 5.58 Å². The summed E-state index contributed by atoms with van der Waals surface area (Å²) in [5.74, 6) is -0.507. The van der Waals surface area contributed by atoms with Crippen molar-refractivity contribution in [3.05, 3.63) is 22.7 Å². The highest BCUT2D eigenvalue weighted by molar-refractivity contribution is 5.85. The summed E-state index contributed by atoms with van der Waals surface area (Å²) in [5.41, 5.74) is 8.31. The zero-order chi connectivity index (χ0) is 13.4. The summed E-state index contributed by atoms with van der Waals surface area (Å²) in [7, 11) is 0. The number of hydrogen-bond donors (Lipinski definition) is 3. The van der Waals surface area contributed by atoms with Crippen molar-refractivity contribution < 1.29 is 14.3 Å². The molecule has 7 heteroatoms. The zero-order valence-corrected chi connectivity index (χ0v) is 10.3. The predicted molar refractivity (Wildman–Crippen MR) is 70.3 cm³/mol. The van der Waals surface area contributed by atoms with Gasteiger partial charge in [-0.2, -0.15) is 0 Å². The van der Waals surface area contributed by atoms with Crippen molar-refractivity contribution in [2.75, 3.05) is 37.0 Å². The van der Waals surface area contributed by atoms with Gasteiger partial charge in [0.1, 0.15) is 0 Å². The first-order chi connectivity index (χ1) is 9.19. The van der Waals surface area contributed by atoms with Crippen molar-refractivity contribution in [1.82, 2.24) is 4.98 Å². The van der Waals surface area contributed by atoms with Crippen LogP contribution in [0.15, 0.2) is 21.3 Å². The molecule has 0 bridgehead atoms. The van der Waals surface area contributed by atoms with Crippen LogP contribution in [0.3, 0.4) is 0 Å². The van der Waals surface area contributed by atoms with Crippen LogP contribution in [0.1, 0.15) is 0 Å². The number of nitrogens with zero attached hydrogens (tertiary/aromatic N) is 1. The second kappa shape index (κ2) is 4.60. The molecule has 0 amide bonds. The third-order valence-corrected chi connectivity index (χ3v) is 3.32. The van der Waals surface area contributed by atoms with E-state index in [2.05, 4.69) is 4.98 Å². The van der Waals surface area contributed by atoms with Gasteiger partial charge in [0, 0.05) is 12.6 Å². The van der Waals surface area contributed by atoms with Gasteiger partial charge in [0.25, 0.3) is 0 Å². The monoisotopic (exact) mass is 265 g/mol. The van der Waals surface area contributed by atoms with Crippen LogP contribution < -0.4 is 16.4 Å². The van der Waals surface area contributed by atoms with E-state index >= 15 is 0 Å². The Kier molecular flexibility index (Phi) is 2.92. The van der Waals surface area contributed by atoms with Crippen LogP contribution >= 0.6 is 0 Å². The molecule has 1 atom stereocenters. The largest absolute Gasteiger partial charge is 0.417 e. The number of aromatic nitrogens is 1. The van der Waals surface area contributed by atoms with Crippen LogP contribution in [0, 0.1) is 0 Å². The highest BCUT2D eigenvalue weighted by Gasteiger charge is 2.24. The summed E-state index contributed by atoms with van der Waals surface area (Å²) in [6, 6.07) is 3.25. The highest BCUT2D eigenvalue weighted by atomic mass is 16.5. The number of hydrogen-bond acceptors (Lipinski definition) is 6. The number of H-pyrrole nitrogens is 1. The molecule has 2 heterocycles. The van der Waals surface area contributed by atoms with E-state index in [0.29, 0.717) is 36.5 Å². The maximum Gasteiger partial charge on any atom is 0.417 e. The Morgan fingerprint density at radius 2 is 2.37 bits per heavy atom. The molecule has 1 saturated heterocycles. The van der Waals surface area contributed by atoms with Crippen LogP contribution in [-0.4, -0.2) is 42.5 Å². The Morgan fingerprint density at radius 3 is 3.16 bits per heavy atom. The molecule has 0 radical (unpaired) electrons. The number of ether oxygens (including phenoxy) is 1. The van der Waals surface area contributed by atoms with Crippen LogP contribution in [0.2, 0.25) is 0 Å². The second-order valence-corrected chi connectivity index (χ2v) is 4.53. The third-order valence-electron chi connectivity index (χ3n) is 3.32. The standard InChI is InChI=1S/C12H15N3O4/c13-8-3-11-9(14-12(17)19-11)4-10(8)15-1-2-18-6-7(15)5-16/h3-4,7,16H,1-2,5-6,13H2,(H,14,17). The van der Waals surface area contributed by atoms with E-state index in [1.807, 2.05) is 4.90 Å².